The molecule has 0 aliphatic carbocycles. The van der Waals surface area contributed by atoms with Gasteiger partial charge in [-0.05, 0) is 44.0 Å². The molecule has 0 saturated carbocycles. The van der Waals surface area contributed by atoms with Crippen molar-refractivity contribution in [3.8, 4) is 0 Å². The molecule has 0 radical (unpaired) electrons. The summed E-state index contributed by atoms with van der Waals surface area (Å²) in [5.41, 5.74) is 0.695. The van der Waals surface area contributed by atoms with E-state index in [1.54, 1.807) is 18.2 Å². The van der Waals surface area contributed by atoms with Gasteiger partial charge >= 0.3 is 0 Å². The van der Waals surface area contributed by atoms with Gasteiger partial charge in [-0.25, -0.2) is 0 Å². The Hall–Kier alpha value is -1.52. The van der Waals surface area contributed by atoms with Crippen molar-refractivity contribution in [3.63, 3.8) is 0 Å². The Morgan fingerprint density at radius 3 is 3.09 bits per heavy atom. The SMILES string of the molecule is C[C@H]1C[C@@H]2CN(C(=O)c3cc4cc(Cl)ccc4o3)CC[C@@H]2O1. The molecule has 0 N–H and O–H groups in total. The monoisotopic (exact) mass is 319 g/mol. The zero-order valence-corrected chi connectivity index (χ0v) is 13.2. The number of benzene rings is 1. The van der Waals surface area contributed by atoms with Crippen molar-refractivity contribution in [1.82, 2.24) is 4.90 Å². The first-order valence-electron chi connectivity index (χ1n) is 7.74. The Bertz CT molecular complexity index is 726. The Balaban J connectivity index is 1.55. The lowest BCUT2D eigenvalue weighted by atomic mass is 9.93. The summed E-state index contributed by atoms with van der Waals surface area (Å²) in [5.74, 6) is 0.805. The number of furan rings is 1. The third-order valence-corrected chi connectivity index (χ3v) is 4.92. The van der Waals surface area contributed by atoms with Crippen LogP contribution in [-0.4, -0.2) is 36.1 Å². The van der Waals surface area contributed by atoms with Crippen LogP contribution in [0.2, 0.25) is 5.02 Å². The highest BCUT2D eigenvalue weighted by molar-refractivity contribution is 6.31. The van der Waals surface area contributed by atoms with Gasteiger partial charge in [0.1, 0.15) is 5.58 Å². The van der Waals surface area contributed by atoms with Crippen molar-refractivity contribution >= 4 is 28.5 Å². The van der Waals surface area contributed by atoms with Crippen LogP contribution in [-0.2, 0) is 4.74 Å². The highest BCUT2D eigenvalue weighted by Crippen LogP contribution is 2.33. The molecule has 1 aromatic heterocycles. The Morgan fingerprint density at radius 1 is 1.36 bits per heavy atom. The highest BCUT2D eigenvalue weighted by Gasteiger charge is 2.39. The first kappa shape index (κ1) is 14.1. The van der Waals surface area contributed by atoms with E-state index >= 15 is 0 Å². The Morgan fingerprint density at radius 2 is 2.23 bits per heavy atom. The number of ether oxygens (including phenoxy) is 1. The molecular formula is C17H18ClNO3. The molecule has 1 amide bonds. The molecule has 3 heterocycles. The summed E-state index contributed by atoms with van der Waals surface area (Å²) in [6.45, 7) is 3.59. The van der Waals surface area contributed by atoms with Crippen LogP contribution in [0.4, 0.5) is 0 Å². The lowest BCUT2D eigenvalue weighted by Crippen LogP contribution is -2.44. The van der Waals surface area contributed by atoms with Crippen LogP contribution >= 0.6 is 11.6 Å². The number of rotatable bonds is 1. The third-order valence-electron chi connectivity index (χ3n) is 4.68. The summed E-state index contributed by atoms with van der Waals surface area (Å²) in [6, 6.07) is 7.16. The molecule has 5 heteroatoms. The summed E-state index contributed by atoms with van der Waals surface area (Å²) in [6.07, 6.45) is 2.56. The number of amides is 1. The fraction of sp³-hybridized carbons (Fsp3) is 0.471. The molecule has 4 rings (SSSR count). The van der Waals surface area contributed by atoms with E-state index in [1.807, 2.05) is 11.0 Å². The molecule has 0 bridgehead atoms. The molecule has 116 valence electrons. The van der Waals surface area contributed by atoms with Gasteiger partial charge < -0.3 is 14.1 Å². The van der Waals surface area contributed by atoms with Crippen molar-refractivity contribution in [2.24, 2.45) is 5.92 Å². The minimum Gasteiger partial charge on any atom is -0.451 e. The molecule has 0 unspecified atom stereocenters. The quantitative estimate of drug-likeness (QED) is 0.804. The normalized spacial score (nSPS) is 28.1. The van der Waals surface area contributed by atoms with Crippen LogP contribution < -0.4 is 0 Å². The smallest absolute Gasteiger partial charge is 0.289 e. The zero-order valence-electron chi connectivity index (χ0n) is 12.4. The second kappa shape index (κ2) is 5.28. The van der Waals surface area contributed by atoms with Gasteiger partial charge in [0.25, 0.3) is 5.91 Å². The highest BCUT2D eigenvalue weighted by atomic mass is 35.5. The second-order valence-corrected chi connectivity index (χ2v) is 6.75. The number of likely N-dealkylation sites (tertiary alicyclic amines) is 1. The Labute approximate surface area is 134 Å². The lowest BCUT2D eigenvalue weighted by Gasteiger charge is -2.33. The minimum absolute atomic E-state index is 0.0367. The van der Waals surface area contributed by atoms with Crippen LogP contribution in [0.5, 0.6) is 0 Å². The average Bonchev–Trinajstić information content (AvgIpc) is 3.07. The van der Waals surface area contributed by atoms with Crippen LogP contribution in [0.15, 0.2) is 28.7 Å². The van der Waals surface area contributed by atoms with Crippen LogP contribution in [0.1, 0.15) is 30.3 Å². The number of nitrogens with zero attached hydrogens (tertiary/aromatic N) is 1. The van der Waals surface area contributed by atoms with E-state index in [0.717, 1.165) is 31.3 Å². The van der Waals surface area contributed by atoms with E-state index in [9.17, 15) is 4.79 Å². The molecule has 0 spiro atoms. The van der Waals surface area contributed by atoms with Crippen molar-refractivity contribution in [3.05, 3.63) is 35.0 Å². The molecule has 2 aliphatic rings. The topological polar surface area (TPSA) is 42.7 Å². The summed E-state index contributed by atoms with van der Waals surface area (Å²) in [5, 5.41) is 1.51. The van der Waals surface area contributed by atoms with Crippen molar-refractivity contribution in [1.29, 1.82) is 0 Å². The van der Waals surface area contributed by atoms with E-state index in [0.29, 0.717) is 34.5 Å². The molecule has 2 saturated heterocycles. The van der Waals surface area contributed by atoms with Gasteiger partial charge in [0.2, 0.25) is 0 Å². The van der Waals surface area contributed by atoms with Crippen molar-refractivity contribution < 1.29 is 13.9 Å². The fourth-order valence-corrected chi connectivity index (χ4v) is 3.84. The van der Waals surface area contributed by atoms with Gasteiger partial charge in [0.15, 0.2) is 5.76 Å². The molecule has 3 atom stereocenters. The van der Waals surface area contributed by atoms with Gasteiger partial charge in [-0.3, -0.25) is 4.79 Å². The standard InChI is InChI=1S/C17H18ClNO3/c1-10-6-12-9-19(5-4-15(12)21-10)17(20)16-8-11-7-13(18)2-3-14(11)22-16/h2-3,7-8,10,12,15H,4-6,9H2,1H3/t10-,12+,15-/m0/s1. The van der Waals surface area contributed by atoms with Gasteiger partial charge in [-0.15, -0.1) is 0 Å². The van der Waals surface area contributed by atoms with Crippen molar-refractivity contribution in [2.75, 3.05) is 13.1 Å². The first-order valence-corrected chi connectivity index (χ1v) is 8.12. The fourth-order valence-electron chi connectivity index (χ4n) is 3.66. The van der Waals surface area contributed by atoms with Gasteiger partial charge in [-0.1, -0.05) is 11.6 Å². The number of carbonyl (C=O) groups excluding carboxylic acids is 1. The number of halogens is 1. The maximum absolute atomic E-state index is 12.7. The second-order valence-electron chi connectivity index (χ2n) is 6.31. The number of carbonyl (C=O) groups is 1. The molecule has 4 nitrogen and oxygen atoms in total. The van der Waals surface area contributed by atoms with Gasteiger partial charge in [0, 0.05) is 29.4 Å². The maximum atomic E-state index is 12.7. The summed E-state index contributed by atoms with van der Waals surface area (Å²) in [4.78, 5) is 14.6. The summed E-state index contributed by atoms with van der Waals surface area (Å²) < 4.78 is 11.6. The number of hydrogen-bond acceptors (Lipinski definition) is 3. The molecular weight excluding hydrogens is 302 g/mol. The van der Waals surface area contributed by atoms with E-state index in [-0.39, 0.29) is 5.91 Å². The zero-order chi connectivity index (χ0) is 15.3. The van der Waals surface area contributed by atoms with E-state index < -0.39 is 0 Å². The van der Waals surface area contributed by atoms with E-state index in [4.69, 9.17) is 20.8 Å². The Kier molecular flexibility index (Phi) is 3.39. The minimum atomic E-state index is -0.0367. The number of hydrogen-bond donors (Lipinski definition) is 0. The molecule has 1 aromatic carbocycles. The molecule has 2 aliphatic heterocycles. The van der Waals surface area contributed by atoms with Crippen LogP contribution in [0, 0.1) is 5.92 Å². The number of piperidine rings is 1. The third kappa shape index (κ3) is 2.40. The first-order chi connectivity index (χ1) is 10.6. The number of fused-ring (bicyclic) bond motifs is 2. The van der Waals surface area contributed by atoms with Crippen LogP contribution in [0.25, 0.3) is 11.0 Å². The van der Waals surface area contributed by atoms with E-state index in [2.05, 4.69) is 6.92 Å². The average molecular weight is 320 g/mol. The predicted octanol–water partition coefficient (Wildman–Crippen LogP) is 3.73. The molecule has 22 heavy (non-hydrogen) atoms. The van der Waals surface area contributed by atoms with Gasteiger partial charge in [-0.2, -0.15) is 0 Å². The molecule has 2 fully saturated rings. The molecule has 2 aromatic rings. The summed E-state index contributed by atoms with van der Waals surface area (Å²) in [7, 11) is 0. The summed E-state index contributed by atoms with van der Waals surface area (Å²) >= 11 is 5.98. The van der Waals surface area contributed by atoms with Crippen LogP contribution in [0.3, 0.4) is 0 Å². The van der Waals surface area contributed by atoms with E-state index in [1.165, 1.54) is 0 Å². The predicted molar refractivity (Wildman–Crippen MR) is 84.2 cm³/mol. The van der Waals surface area contributed by atoms with Crippen molar-refractivity contribution in [2.45, 2.75) is 32.0 Å². The lowest BCUT2D eigenvalue weighted by molar-refractivity contribution is 0.00790. The largest absolute Gasteiger partial charge is 0.451 e. The maximum Gasteiger partial charge on any atom is 0.289 e. The van der Waals surface area contributed by atoms with Gasteiger partial charge in [0.05, 0.1) is 12.2 Å².